The average Bonchev–Trinajstić information content (AvgIpc) is 2.10. The summed E-state index contributed by atoms with van der Waals surface area (Å²) in [6.07, 6.45) is 3.08. The minimum Gasteiger partial charge on any atom is -0.505 e. The van der Waals surface area contributed by atoms with E-state index in [0.717, 1.165) is 12.1 Å². The Hall–Kier alpha value is -1.42. The highest BCUT2D eigenvalue weighted by Gasteiger charge is 2.07. The van der Waals surface area contributed by atoms with E-state index in [4.69, 9.17) is 10.8 Å². The van der Waals surface area contributed by atoms with Gasteiger partial charge in [0.2, 0.25) is 0 Å². The average molecular weight is 185 g/mol. The summed E-state index contributed by atoms with van der Waals surface area (Å²) in [7, 11) is 0. The molecule has 0 aliphatic rings. The molecule has 0 amide bonds. The first kappa shape index (κ1) is 9.67. The molecular weight excluding hydrogens is 176 g/mol. The second-order valence-electron chi connectivity index (χ2n) is 2.47. The second kappa shape index (κ2) is 4.00. The number of rotatable bonds is 2. The van der Waals surface area contributed by atoms with Gasteiger partial charge in [-0.05, 0) is 17.7 Å². The van der Waals surface area contributed by atoms with Crippen molar-refractivity contribution >= 4 is 6.08 Å². The lowest BCUT2D eigenvalue weighted by Crippen LogP contribution is -1.92. The smallest absolute Gasteiger partial charge is 0.200 e. The van der Waals surface area contributed by atoms with Crippen LogP contribution in [0.1, 0.15) is 5.56 Å². The molecule has 0 saturated heterocycles. The van der Waals surface area contributed by atoms with Crippen molar-refractivity contribution in [2.24, 2.45) is 5.73 Å². The zero-order chi connectivity index (χ0) is 9.84. The van der Waals surface area contributed by atoms with Gasteiger partial charge in [0.15, 0.2) is 17.4 Å². The Morgan fingerprint density at radius 2 is 2.08 bits per heavy atom. The quantitative estimate of drug-likeness (QED) is 0.735. The zero-order valence-corrected chi connectivity index (χ0v) is 6.80. The van der Waals surface area contributed by atoms with Crippen molar-refractivity contribution in [1.29, 1.82) is 0 Å². The molecule has 70 valence electrons. The molecule has 0 heterocycles. The molecule has 0 radical (unpaired) electrons. The number of phenols is 1. The van der Waals surface area contributed by atoms with E-state index in [1.165, 1.54) is 6.08 Å². The lowest BCUT2D eigenvalue weighted by molar-refractivity contribution is 0.407. The normalized spacial score (nSPS) is 11.0. The number of aromatic hydroxyl groups is 1. The summed E-state index contributed by atoms with van der Waals surface area (Å²) in [4.78, 5) is 0. The number of nitrogens with two attached hydrogens (primary N) is 1. The van der Waals surface area contributed by atoms with Crippen molar-refractivity contribution in [3.05, 3.63) is 35.4 Å². The molecule has 0 fully saturated rings. The van der Waals surface area contributed by atoms with Crippen molar-refractivity contribution < 1.29 is 13.9 Å². The van der Waals surface area contributed by atoms with Crippen LogP contribution in [0.25, 0.3) is 6.08 Å². The summed E-state index contributed by atoms with van der Waals surface area (Å²) in [5.41, 5.74) is 5.54. The van der Waals surface area contributed by atoms with Crippen LogP contribution >= 0.6 is 0 Å². The van der Waals surface area contributed by atoms with Gasteiger partial charge >= 0.3 is 0 Å². The van der Waals surface area contributed by atoms with Gasteiger partial charge in [-0.2, -0.15) is 4.39 Å². The Labute approximate surface area is 74.3 Å². The minimum absolute atomic E-state index is 0.305. The molecule has 0 bridgehead atoms. The van der Waals surface area contributed by atoms with Crippen LogP contribution in [0.5, 0.6) is 5.75 Å². The molecule has 0 spiro atoms. The number of phenolic OH excluding ortho intramolecular Hbond substituents is 1. The summed E-state index contributed by atoms with van der Waals surface area (Å²) >= 11 is 0. The first-order chi connectivity index (χ1) is 6.15. The van der Waals surface area contributed by atoms with Crippen molar-refractivity contribution in [2.75, 3.05) is 6.54 Å². The fourth-order valence-corrected chi connectivity index (χ4v) is 0.895. The number of hydrogen-bond acceptors (Lipinski definition) is 2. The molecule has 1 aromatic carbocycles. The molecule has 1 rings (SSSR count). The molecule has 0 atom stereocenters. The highest BCUT2D eigenvalue weighted by atomic mass is 19.2. The van der Waals surface area contributed by atoms with E-state index >= 15 is 0 Å². The molecule has 0 unspecified atom stereocenters. The van der Waals surface area contributed by atoms with Gasteiger partial charge in [0.25, 0.3) is 0 Å². The third kappa shape index (κ3) is 2.26. The fourth-order valence-electron chi connectivity index (χ4n) is 0.895. The maximum Gasteiger partial charge on any atom is 0.200 e. The SMILES string of the molecule is NCC=Cc1cc(O)c(F)c(F)c1. The van der Waals surface area contributed by atoms with Gasteiger partial charge in [-0.25, -0.2) is 4.39 Å². The van der Waals surface area contributed by atoms with E-state index in [0.29, 0.717) is 12.1 Å². The molecule has 13 heavy (non-hydrogen) atoms. The monoisotopic (exact) mass is 185 g/mol. The second-order valence-corrected chi connectivity index (χ2v) is 2.47. The topological polar surface area (TPSA) is 46.2 Å². The summed E-state index contributed by atoms with van der Waals surface area (Å²) < 4.78 is 25.2. The third-order valence-corrected chi connectivity index (χ3v) is 1.48. The van der Waals surface area contributed by atoms with Gasteiger partial charge in [-0.1, -0.05) is 12.2 Å². The number of halogens is 2. The molecule has 2 nitrogen and oxygen atoms in total. The maximum absolute atomic E-state index is 12.7. The van der Waals surface area contributed by atoms with Gasteiger partial charge in [0.05, 0.1) is 0 Å². The summed E-state index contributed by atoms with van der Waals surface area (Å²) in [5.74, 6) is -3.00. The Balaban J connectivity index is 3.06. The van der Waals surface area contributed by atoms with E-state index in [9.17, 15) is 8.78 Å². The predicted octanol–water partition coefficient (Wildman–Crippen LogP) is 1.64. The van der Waals surface area contributed by atoms with Crippen LogP contribution in [0.2, 0.25) is 0 Å². The van der Waals surface area contributed by atoms with E-state index in [1.54, 1.807) is 6.08 Å². The molecule has 1 aromatic rings. The Morgan fingerprint density at radius 1 is 1.38 bits per heavy atom. The molecule has 0 aliphatic heterocycles. The zero-order valence-electron chi connectivity index (χ0n) is 6.80. The van der Waals surface area contributed by atoms with E-state index in [2.05, 4.69) is 0 Å². The Kier molecular flexibility index (Phi) is 2.97. The maximum atomic E-state index is 12.7. The van der Waals surface area contributed by atoms with Gasteiger partial charge in [-0.3, -0.25) is 0 Å². The highest BCUT2D eigenvalue weighted by Crippen LogP contribution is 2.21. The first-order valence-corrected chi connectivity index (χ1v) is 3.69. The van der Waals surface area contributed by atoms with Crippen LogP contribution < -0.4 is 5.73 Å². The van der Waals surface area contributed by atoms with Crippen LogP contribution in [-0.4, -0.2) is 11.7 Å². The highest BCUT2D eigenvalue weighted by molar-refractivity contribution is 5.52. The van der Waals surface area contributed by atoms with E-state index in [-0.39, 0.29) is 0 Å². The largest absolute Gasteiger partial charge is 0.505 e. The van der Waals surface area contributed by atoms with Crippen molar-refractivity contribution in [2.45, 2.75) is 0 Å². The van der Waals surface area contributed by atoms with Crippen LogP contribution in [-0.2, 0) is 0 Å². The van der Waals surface area contributed by atoms with Gasteiger partial charge in [0, 0.05) is 6.54 Å². The standard InChI is InChI=1S/C9H9F2NO/c10-7-4-6(2-1-3-12)5-8(13)9(7)11/h1-2,4-5,13H,3,12H2. The molecule has 3 N–H and O–H groups in total. The Morgan fingerprint density at radius 3 is 2.62 bits per heavy atom. The van der Waals surface area contributed by atoms with Crippen molar-refractivity contribution in [3.63, 3.8) is 0 Å². The molecule has 0 aromatic heterocycles. The van der Waals surface area contributed by atoms with Gasteiger partial charge < -0.3 is 10.8 Å². The van der Waals surface area contributed by atoms with E-state index in [1.807, 2.05) is 0 Å². The lowest BCUT2D eigenvalue weighted by atomic mass is 10.2. The predicted molar refractivity (Wildman–Crippen MR) is 46.1 cm³/mol. The van der Waals surface area contributed by atoms with Gasteiger partial charge in [0.1, 0.15) is 0 Å². The van der Waals surface area contributed by atoms with Crippen molar-refractivity contribution in [3.8, 4) is 5.75 Å². The third-order valence-electron chi connectivity index (χ3n) is 1.48. The fraction of sp³-hybridized carbons (Fsp3) is 0.111. The first-order valence-electron chi connectivity index (χ1n) is 3.69. The summed E-state index contributed by atoms with van der Waals surface area (Å²) in [6, 6.07) is 2.12. The van der Waals surface area contributed by atoms with Crippen molar-refractivity contribution in [1.82, 2.24) is 0 Å². The molecule has 0 saturated carbocycles. The number of benzene rings is 1. The van der Waals surface area contributed by atoms with Crippen LogP contribution in [0.3, 0.4) is 0 Å². The van der Waals surface area contributed by atoms with Crippen LogP contribution in [0, 0.1) is 11.6 Å². The van der Waals surface area contributed by atoms with Crippen LogP contribution in [0.4, 0.5) is 8.78 Å². The Bertz CT molecular complexity index is 313. The lowest BCUT2D eigenvalue weighted by Gasteiger charge is -1.98. The number of hydrogen-bond donors (Lipinski definition) is 2. The van der Waals surface area contributed by atoms with Gasteiger partial charge in [-0.15, -0.1) is 0 Å². The minimum atomic E-state index is -1.23. The summed E-state index contributed by atoms with van der Waals surface area (Å²) in [5, 5.41) is 8.90. The molecule has 0 aliphatic carbocycles. The summed E-state index contributed by atoms with van der Waals surface area (Å²) in [6.45, 7) is 0.305. The van der Waals surface area contributed by atoms with Crippen LogP contribution in [0.15, 0.2) is 18.2 Å². The van der Waals surface area contributed by atoms with E-state index < -0.39 is 17.4 Å². The molecular formula is C9H9F2NO. The molecule has 4 heteroatoms.